The van der Waals surface area contributed by atoms with E-state index >= 15 is 0 Å². The van der Waals surface area contributed by atoms with Crippen molar-refractivity contribution in [1.29, 1.82) is 5.26 Å². The first-order chi connectivity index (χ1) is 18.3. The van der Waals surface area contributed by atoms with Gasteiger partial charge in [0.25, 0.3) is 0 Å². The number of amides is 1. The van der Waals surface area contributed by atoms with Crippen molar-refractivity contribution in [3.8, 4) is 17.2 Å². The van der Waals surface area contributed by atoms with Crippen molar-refractivity contribution in [2.75, 3.05) is 27.2 Å². The van der Waals surface area contributed by atoms with E-state index in [0.717, 1.165) is 29.7 Å². The lowest BCUT2D eigenvalue weighted by atomic mass is 10.0. The van der Waals surface area contributed by atoms with E-state index in [0.29, 0.717) is 29.1 Å². The van der Waals surface area contributed by atoms with Crippen LogP contribution in [0.4, 0.5) is 4.39 Å². The number of hydrogen-bond donors (Lipinski definition) is 0. The van der Waals surface area contributed by atoms with Crippen LogP contribution in [0.2, 0.25) is 0 Å². The predicted molar refractivity (Wildman–Crippen MR) is 142 cm³/mol. The molecule has 1 aliphatic heterocycles. The Kier molecular flexibility index (Phi) is 7.19. The standard InChI is InChI=1S/C27H29FN8OS/c1-17-22(15-32-36(17)21-7-10-34(11-8-21)27(37)18(2)33(3)4)19-12-24(38-26-23(28)6-5-9-30-26)25-20(13-29)14-31-35(25)16-19/h5-6,9,12,14-16,18,21H,7-8,10-11H2,1-4H3/t18-/m0/s1. The first-order valence-electron chi connectivity index (χ1n) is 12.5. The molecule has 0 aromatic carbocycles. The fourth-order valence-corrected chi connectivity index (χ4v) is 5.81. The zero-order valence-corrected chi connectivity index (χ0v) is 22.6. The van der Waals surface area contributed by atoms with Gasteiger partial charge in [0.05, 0.1) is 35.6 Å². The van der Waals surface area contributed by atoms with Gasteiger partial charge in [-0.15, -0.1) is 0 Å². The second kappa shape index (κ2) is 10.6. The molecular formula is C27H29FN8OS. The van der Waals surface area contributed by atoms with E-state index in [1.54, 1.807) is 16.8 Å². The molecule has 1 saturated heterocycles. The zero-order chi connectivity index (χ0) is 27.0. The maximum absolute atomic E-state index is 14.4. The number of nitrogens with zero attached hydrogens (tertiary/aromatic N) is 8. The van der Waals surface area contributed by atoms with E-state index in [4.69, 9.17) is 5.10 Å². The van der Waals surface area contributed by atoms with Crippen molar-refractivity contribution in [3.63, 3.8) is 0 Å². The lowest BCUT2D eigenvalue weighted by molar-refractivity contribution is -0.136. The molecule has 4 aromatic heterocycles. The minimum absolute atomic E-state index is 0.144. The SMILES string of the molecule is Cc1c(-c2cc(Sc3ncccc3F)c3c(C#N)cnn3c2)cnn1C1CCN(C(=O)[C@H](C)N(C)C)CC1. The number of likely N-dealkylation sites (tertiary alicyclic amines) is 1. The van der Waals surface area contributed by atoms with Crippen molar-refractivity contribution >= 4 is 23.2 Å². The molecule has 0 spiro atoms. The minimum Gasteiger partial charge on any atom is -0.341 e. The number of rotatable bonds is 6. The molecule has 0 saturated carbocycles. The van der Waals surface area contributed by atoms with E-state index < -0.39 is 5.82 Å². The third-order valence-electron chi connectivity index (χ3n) is 7.24. The van der Waals surface area contributed by atoms with Crippen molar-refractivity contribution in [2.45, 2.75) is 48.7 Å². The highest BCUT2D eigenvalue weighted by atomic mass is 32.2. The maximum Gasteiger partial charge on any atom is 0.239 e. The fraction of sp³-hybridized carbons (Fsp3) is 0.370. The minimum atomic E-state index is -0.423. The molecule has 9 nitrogen and oxygen atoms in total. The van der Waals surface area contributed by atoms with Gasteiger partial charge in [0, 0.05) is 47.2 Å². The van der Waals surface area contributed by atoms with Gasteiger partial charge in [-0.25, -0.2) is 13.9 Å². The molecule has 5 rings (SSSR count). The third kappa shape index (κ3) is 4.77. The van der Waals surface area contributed by atoms with E-state index in [9.17, 15) is 14.4 Å². The average Bonchev–Trinajstić information content (AvgIpc) is 3.52. The number of aromatic nitrogens is 5. The van der Waals surface area contributed by atoms with E-state index in [-0.39, 0.29) is 23.0 Å². The smallest absolute Gasteiger partial charge is 0.239 e. The molecule has 196 valence electrons. The second-order valence-corrected chi connectivity index (χ2v) is 10.8. The van der Waals surface area contributed by atoms with Gasteiger partial charge >= 0.3 is 0 Å². The number of pyridine rings is 2. The first kappa shape index (κ1) is 25.9. The number of piperidine rings is 1. The number of hydrogen-bond acceptors (Lipinski definition) is 7. The van der Waals surface area contributed by atoms with Gasteiger partial charge < -0.3 is 4.90 Å². The third-order valence-corrected chi connectivity index (χ3v) is 8.26. The molecule has 0 N–H and O–H groups in total. The van der Waals surface area contributed by atoms with E-state index in [2.05, 4.69) is 16.2 Å². The van der Waals surface area contributed by atoms with E-state index in [1.807, 2.05) is 60.9 Å². The number of halogens is 1. The summed E-state index contributed by atoms with van der Waals surface area (Å²) in [5.41, 5.74) is 3.82. The highest BCUT2D eigenvalue weighted by Crippen LogP contribution is 2.37. The quantitative estimate of drug-likeness (QED) is 0.368. The molecule has 0 unspecified atom stereocenters. The van der Waals surface area contributed by atoms with Crippen LogP contribution in [-0.4, -0.2) is 73.3 Å². The molecule has 0 bridgehead atoms. The molecule has 38 heavy (non-hydrogen) atoms. The number of carbonyl (C=O) groups is 1. The monoisotopic (exact) mass is 532 g/mol. The van der Waals surface area contributed by atoms with Crippen LogP contribution in [-0.2, 0) is 4.79 Å². The normalized spacial score (nSPS) is 15.2. The Balaban J connectivity index is 1.44. The Labute approximate surface area is 224 Å². The second-order valence-electron chi connectivity index (χ2n) is 9.73. The van der Waals surface area contributed by atoms with Gasteiger partial charge in [-0.05, 0) is 59.0 Å². The van der Waals surface area contributed by atoms with Crippen LogP contribution < -0.4 is 0 Å². The summed E-state index contributed by atoms with van der Waals surface area (Å²) in [6.07, 6.45) is 8.43. The van der Waals surface area contributed by atoms with Crippen molar-refractivity contribution < 1.29 is 9.18 Å². The van der Waals surface area contributed by atoms with Gasteiger partial charge in [-0.3, -0.25) is 14.4 Å². The predicted octanol–water partition coefficient (Wildman–Crippen LogP) is 4.18. The zero-order valence-electron chi connectivity index (χ0n) is 21.8. The molecule has 1 atom stereocenters. The molecular weight excluding hydrogens is 503 g/mol. The summed E-state index contributed by atoms with van der Waals surface area (Å²) in [6, 6.07) is 7.08. The molecule has 1 fully saturated rings. The lowest BCUT2D eigenvalue weighted by Crippen LogP contribution is -2.47. The summed E-state index contributed by atoms with van der Waals surface area (Å²) in [6.45, 7) is 5.36. The highest BCUT2D eigenvalue weighted by Gasteiger charge is 2.29. The average molecular weight is 533 g/mol. The first-order valence-corrected chi connectivity index (χ1v) is 13.3. The van der Waals surface area contributed by atoms with Crippen LogP contribution in [0.5, 0.6) is 0 Å². The molecule has 0 aliphatic carbocycles. The summed E-state index contributed by atoms with van der Waals surface area (Å²) >= 11 is 1.17. The Morgan fingerprint density at radius 1 is 1.26 bits per heavy atom. The Morgan fingerprint density at radius 2 is 2.03 bits per heavy atom. The molecule has 4 aromatic rings. The summed E-state index contributed by atoms with van der Waals surface area (Å²) < 4.78 is 18.1. The van der Waals surface area contributed by atoms with Gasteiger partial charge in [-0.1, -0.05) is 11.8 Å². The number of fused-ring (bicyclic) bond motifs is 1. The number of carbonyl (C=O) groups excluding carboxylic acids is 1. The highest BCUT2D eigenvalue weighted by molar-refractivity contribution is 7.99. The number of likely N-dealkylation sites (N-methyl/N-ethyl adjacent to an activating group) is 1. The van der Waals surface area contributed by atoms with Crippen LogP contribution in [0, 0.1) is 24.1 Å². The largest absolute Gasteiger partial charge is 0.341 e. The fourth-order valence-electron chi connectivity index (χ4n) is 4.83. The van der Waals surface area contributed by atoms with Gasteiger partial charge in [0.1, 0.15) is 11.1 Å². The Hall–Kier alpha value is -3.75. The molecule has 5 heterocycles. The molecule has 1 aliphatic rings. The van der Waals surface area contributed by atoms with Crippen LogP contribution in [0.1, 0.15) is 37.1 Å². The van der Waals surface area contributed by atoms with Gasteiger partial charge in [0.15, 0.2) is 5.82 Å². The van der Waals surface area contributed by atoms with Crippen LogP contribution in [0.3, 0.4) is 0 Å². The summed E-state index contributed by atoms with van der Waals surface area (Å²) in [7, 11) is 3.84. The molecule has 1 amide bonds. The summed E-state index contributed by atoms with van der Waals surface area (Å²) in [5, 5.41) is 18.9. The van der Waals surface area contributed by atoms with Crippen LogP contribution in [0.25, 0.3) is 16.6 Å². The number of nitriles is 1. The van der Waals surface area contributed by atoms with Gasteiger partial charge in [-0.2, -0.15) is 15.5 Å². The Morgan fingerprint density at radius 3 is 2.71 bits per heavy atom. The van der Waals surface area contributed by atoms with E-state index in [1.165, 1.54) is 24.0 Å². The van der Waals surface area contributed by atoms with Gasteiger partial charge in [0.2, 0.25) is 5.91 Å². The summed E-state index contributed by atoms with van der Waals surface area (Å²) in [4.78, 5) is 21.5. The van der Waals surface area contributed by atoms with Crippen LogP contribution >= 0.6 is 11.8 Å². The molecule has 0 radical (unpaired) electrons. The Bertz CT molecular complexity index is 1530. The van der Waals surface area contributed by atoms with Crippen molar-refractivity contribution in [3.05, 3.63) is 60.1 Å². The van der Waals surface area contributed by atoms with Crippen molar-refractivity contribution in [1.82, 2.24) is 34.2 Å². The van der Waals surface area contributed by atoms with Crippen molar-refractivity contribution in [2.24, 2.45) is 0 Å². The molecule has 11 heteroatoms. The maximum atomic E-state index is 14.4. The van der Waals surface area contributed by atoms with Crippen LogP contribution in [0.15, 0.2) is 52.9 Å². The topological polar surface area (TPSA) is 95.4 Å². The summed E-state index contributed by atoms with van der Waals surface area (Å²) in [5.74, 6) is -0.266. The lowest BCUT2D eigenvalue weighted by Gasteiger charge is -2.35.